The van der Waals surface area contributed by atoms with E-state index in [0.717, 1.165) is 0 Å². The van der Waals surface area contributed by atoms with Crippen molar-refractivity contribution in [2.45, 2.75) is 19.1 Å². The standard InChI is InChI=1S/C11H11FO3/c1-2-14-11(13)10-9(15-10)7-5-3-4-6-8(7)12/h3-6,9-10H,2H2,1H3/t9-,10+/m1/s1. The van der Waals surface area contributed by atoms with E-state index in [1.54, 1.807) is 25.1 Å². The molecule has 0 radical (unpaired) electrons. The van der Waals surface area contributed by atoms with E-state index in [-0.39, 0.29) is 5.82 Å². The molecule has 2 rings (SSSR count). The molecule has 0 bridgehead atoms. The number of carbonyl (C=O) groups is 1. The highest BCUT2D eigenvalue weighted by Crippen LogP contribution is 2.40. The van der Waals surface area contributed by atoms with Crippen molar-refractivity contribution in [2.75, 3.05) is 6.61 Å². The number of epoxide rings is 1. The van der Waals surface area contributed by atoms with Crippen LogP contribution in [0.2, 0.25) is 0 Å². The molecule has 0 aromatic heterocycles. The Bertz CT molecular complexity index is 378. The number of rotatable bonds is 3. The molecule has 0 amide bonds. The zero-order valence-electron chi connectivity index (χ0n) is 8.27. The average molecular weight is 210 g/mol. The van der Waals surface area contributed by atoms with E-state index in [0.29, 0.717) is 12.2 Å². The Hall–Kier alpha value is -1.42. The molecule has 1 fully saturated rings. The van der Waals surface area contributed by atoms with Gasteiger partial charge in [0.2, 0.25) is 0 Å². The highest BCUT2D eigenvalue weighted by Gasteiger charge is 2.48. The summed E-state index contributed by atoms with van der Waals surface area (Å²) in [6, 6.07) is 6.27. The molecule has 1 aromatic carbocycles. The van der Waals surface area contributed by atoms with Crippen molar-refractivity contribution < 1.29 is 18.7 Å². The Kier molecular flexibility index (Phi) is 2.68. The molecular formula is C11H11FO3. The molecule has 4 heteroatoms. The molecule has 15 heavy (non-hydrogen) atoms. The Morgan fingerprint density at radius 1 is 1.53 bits per heavy atom. The maximum Gasteiger partial charge on any atom is 0.338 e. The summed E-state index contributed by atoms with van der Waals surface area (Å²) in [5.74, 6) is -0.778. The van der Waals surface area contributed by atoms with Gasteiger partial charge in [0.05, 0.1) is 6.61 Å². The quantitative estimate of drug-likeness (QED) is 0.564. The molecule has 0 spiro atoms. The summed E-state index contributed by atoms with van der Waals surface area (Å²) in [7, 11) is 0. The van der Waals surface area contributed by atoms with Crippen LogP contribution in [-0.4, -0.2) is 18.7 Å². The van der Waals surface area contributed by atoms with Crippen molar-refractivity contribution in [3.05, 3.63) is 35.6 Å². The van der Waals surface area contributed by atoms with Gasteiger partial charge >= 0.3 is 5.97 Å². The van der Waals surface area contributed by atoms with Crippen LogP contribution in [-0.2, 0) is 14.3 Å². The third-order valence-electron chi connectivity index (χ3n) is 2.22. The summed E-state index contributed by atoms with van der Waals surface area (Å²) in [6.45, 7) is 2.03. The van der Waals surface area contributed by atoms with Crippen LogP contribution in [0.1, 0.15) is 18.6 Å². The molecule has 1 heterocycles. The second-order valence-electron chi connectivity index (χ2n) is 3.25. The van der Waals surface area contributed by atoms with Gasteiger partial charge in [-0.05, 0) is 13.0 Å². The number of esters is 1. The van der Waals surface area contributed by atoms with Crippen molar-refractivity contribution in [1.29, 1.82) is 0 Å². The third-order valence-corrected chi connectivity index (χ3v) is 2.22. The van der Waals surface area contributed by atoms with Crippen LogP contribution < -0.4 is 0 Å². The van der Waals surface area contributed by atoms with Crippen LogP contribution in [0.5, 0.6) is 0 Å². The Morgan fingerprint density at radius 2 is 2.27 bits per heavy atom. The molecule has 0 N–H and O–H groups in total. The lowest BCUT2D eigenvalue weighted by Crippen LogP contribution is -2.12. The van der Waals surface area contributed by atoms with E-state index in [2.05, 4.69) is 0 Å². The SMILES string of the molecule is CCOC(=O)[C@H]1O[C@@H]1c1ccccc1F. The number of hydrogen-bond acceptors (Lipinski definition) is 3. The fraction of sp³-hybridized carbons (Fsp3) is 0.364. The lowest BCUT2D eigenvalue weighted by Gasteiger charge is -1.98. The highest BCUT2D eigenvalue weighted by atomic mass is 19.1. The second kappa shape index (κ2) is 3.98. The molecular weight excluding hydrogens is 199 g/mol. The van der Waals surface area contributed by atoms with Gasteiger partial charge in [0, 0.05) is 5.56 Å². The van der Waals surface area contributed by atoms with Crippen LogP contribution in [0, 0.1) is 5.82 Å². The fourth-order valence-electron chi connectivity index (χ4n) is 1.46. The van der Waals surface area contributed by atoms with Crippen LogP contribution >= 0.6 is 0 Å². The monoisotopic (exact) mass is 210 g/mol. The molecule has 0 unspecified atom stereocenters. The molecule has 1 aromatic rings. The van der Waals surface area contributed by atoms with Gasteiger partial charge in [-0.3, -0.25) is 0 Å². The number of hydrogen-bond donors (Lipinski definition) is 0. The van der Waals surface area contributed by atoms with Crippen LogP contribution in [0.3, 0.4) is 0 Å². The van der Waals surface area contributed by atoms with E-state index in [9.17, 15) is 9.18 Å². The topological polar surface area (TPSA) is 38.8 Å². The fourth-order valence-corrected chi connectivity index (χ4v) is 1.46. The van der Waals surface area contributed by atoms with Gasteiger partial charge in [-0.15, -0.1) is 0 Å². The number of benzene rings is 1. The summed E-state index contributed by atoms with van der Waals surface area (Å²) in [4.78, 5) is 11.2. The van der Waals surface area contributed by atoms with E-state index >= 15 is 0 Å². The minimum absolute atomic E-state index is 0.308. The number of halogens is 1. The third kappa shape index (κ3) is 1.99. The van der Waals surface area contributed by atoms with Crippen molar-refractivity contribution in [1.82, 2.24) is 0 Å². The van der Waals surface area contributed by atoms with Gasteiger partial charge in [-0.25, -0.2) is 9.18 Å². The maximum absolute atomic E-state index is 13.3. The molecule has 0 saturated carbocycles. The first-order valence-corrected chi connectivity index (χ1v) is 4.80. The predicted molar refractivity (Wildman–Crippen MR) is 50.6 cm³/mol. The van der Waals surface area contributed by atoms with E-state index in [4.69, 9.17) is 9.47 Å². The van der Waals surface area contributed by atoms with Crippen LogP contribution in [0.15, 0.2) is 24.3 Å². The van der Waals surface area contributed by atoms with Gasteiger partial charge in [-0.1, -0.05) is 18.2 Å². The predicted octanol–water partition coefficient (Wildman–Crippen LogP) is 1.83. The number of ether oxygens (including phenoxy) is 2. The van der Waals surface area contributed by atoms with Crippen LogP contribution in [0.25, 0.3) is 0 Å². The van der Waals surface area contributed by atoms with Gasteiger partial charge in [-0.2, -0.15) is 0 Å². The van der Waals surface area contributed by atoms with Crippen molar-refractivity contribution >= 4 is 5.97 Å². The van der Waals surface area contributed by atoms with E-state index in [1.807, 2.05) is 0 Å². The molecule has 80 valence electrons. The summed E-state index contributed by atoms with van der Waals surface area (Å²) in [5, 5.41) is 0. The molecule has 2 atom stereocenters. The molecule has 1 saturated heterocycles. The second-order valence-corrected chi connectivity index (χ2v) is 3.25. The summed E-state index contributed by atoms with van der Waals surface area (Å²) < 4.78 is 23.1. The average Bonchev–Trinajstić information content (AvgIpc) is 2.98. The molecule has 1 aliphatic heterocycles. The minimum atomic E-state index is -0.637. The summed E-state index contributed by atoms with van der Waals surface area (Å²) >= 11 is 0. The van der Waals surface area contributed by atoms with Crippen molar-refractivity contribution in [3.8, 4) is 0 Å². The first-order valence-electron chi connectivity index (χ1n) is 4.80. The van der Waals surface area contributed by atoms with Crippen LogP contribution in [0.4, 0.5) is 4.39 Å². The lowest BCUT2D eigenvalue weighted by molar-refractivity contribution is -0.144. The highest BCUT2D eigenvalue weighted by molar-refractivity contribution is 5.78. The summed E-state index contributed by atoms with van der Waals surface area (Å²) in [5.41, 5.74) is 0.413. The maximum atomic E-state index is 13.3. The first kappa shape index (κ1) is 10.1. The largest absolute Gasteiger partial charge is 0.464 e. The zero-order valence-corrected chi connectivity index (χ0v) is 8.27. The Balaban J connectivity index is 2.05. The van der Waals surface area contributed by atoms with Gasteiger partial charge in [0.15, 0.2) is 6.10 Å². The first-order chi connectivity index (χ1) is 7.24. The summed E-state index contributed by atoms with van der Waals surface area (Å²) in [6.07, 6.45) is -1.12. The van der Waals surface area contributed by atoms with Gasteiger partial charge < -0.3 is 9.47 Å². The van der Waals surface area contributed by atoms with E-state index < -0.39 is 18.2 Å². The van der Waals surface area contributed by atoms with Gasteiger partial charge in [0.1, 0.15) is 11.9 Å². The Morgan fingerprint density at radius 3 is 2.93 bits per heavy atom. The molecule has 0 aliphatic carbocycles. The van der Waals surface area contributed by atoms with Crippen molar-refractivity contribution in [2.24, 2.45) is 0 Å². The minimum Gasteiger partial charge on any atom is -0.464 e. The lowest BCUT2D eigenvalue weighted by atomic mass is 10.1. The number of carbonyl (C=O) groups excluding carboxylic acids is 1. The Labute approximate surface area is 86.8 Å². The normalized spacial score (nSPS) is 23.6. The zero-order chi connectivity index (χ0) is 10.8. The molecule has 3 nitrogen and oxygen atoms in total. The van der Waals surface area contributed by atoms with Gasteiger partial charge in [0.25, 0.3) is 0 Å². The van der Waals surface area contributed by atoms with Crippen molar-refractivity contribution in [3.63, 3.8) is 0 Å². The van der Waals surface area contributed by atoms with E-state index in [1.165, 1.54) is 6.07 Å². The smallest absolute Gasteiger partial charge is 0.338 e. The molecule has 1 aliphatic rings.